The van der Waals surface area contributed by atoms with Crippen molar-refractivity contribution in [2.75, 3.05) is 12.9 Å². The summed E-state index contributed by atoms with van der Waals surface area (Å²) in [6, 6.07) is 13.8. The van der Waals surface area contributed by atoms with E-state index in [2.05, 4.69) is 41.5 Å². The molecule has 3 aromatic rings. The van der Waals surface area contributed by atoms with Crippen LogP contribution in [-0.4, -0.2) is 33.5 Å². The van der Waals surface area contributed by atoms with Crippen LogP contribution in [0, 0.1) is 13.8 Å². The standard InChI is InChI=1S/C20H22N4O2S/c1-14-7-8-17(9-15(14)2)24-13-22-23-20(24)27-12-19(25)21-11-16-5-4-6-18(10-16)26-3/h4-10,13H,11-12H2,1-3H3,(H,21,25). The summed E-state index contributed by atoms with van der Waals surface area (Å²) in [5.74, 6) is 0.989. The van der Waals surface area contributed by atoms with E-state index < -0.39 is 0 Å². The Morgan fingerprint density at radius 2 is 2.04 bits per heavy atom. The Kier molecular flexibility index (Phi) is 6.13. The molecule has 1 heterocycles. The van der Waals surface area contributed by atoms with Crippen molar-refractivity contribution >= 4 is 17.7 Å². The lowest BCUT2D eigenvalue weighted by Crippen LogP contribution is -2.24. The first-order valence-corrected chi connectivity index (χ1v) is 9.55. The maximum absolute atomic E-state index is 12.2. The van der Waals surface area contributed by atoms with Gasteiger partial charge in [0.1, 0.15) is 12.1 Å². The molecule has 7 heteroatoms. The molecule has 0 saturated carbocycles. The number of thioether (sulfide) groups is 1. The number of hydrogen-bond acceptors (Lipinski definition) is 5. The fourth-order valence-corrected chi connectivity index (χ4v) is 3.30. The Labute approximate surface area is 163 Å². The van der Waals surface area contributed by atoms with E-state index in [0.29, 0.717) is 11.7 Å². The van der Waals surface area contributed by atoms with Crippen molar-refractivity contribution in [3.63, 3.8) is 0 Å². The summed E-state index contributed by atoms with van der Waals surface area (Å²) in [5.41, 5.74) is 4.42. The molecule has 0 aliphatic carbocycles. The molecule has 0 aliphatic heterocycles. The van der Waals surface area contributed by atoms with Gasteiger partial charge in [0.15, 0.2) is 5.16 Å². The maximum Gasteiger partial charge on any atom is 0.230 e. The van der Waals surface area contributed by atoms with Crippen LogP contribution in [0.1, 0.15) is 16.7 Å². The number of nitrogens with one attached hydrogen (secondary N) is 1. The molecule has 2 aromatic carbocycles. The number of ether oxygens (including phenoxy) is 1. The lowest BCUT2D eigenvalue weighted by molar-refractivity contribution is -0.118. The van der Waals surface area contributed by atoms with Gasteiger partial charge >= 0.3 is 0 Å². The number of carbonyl (C=O) groups excluding carboxylic acids is 1. The van der Waals surface area contributed by atoms with Gasteiger partial charge in [-0.2, -0.15) is 0 Å². The normalized spacial score (nSPS) is 10.6. The number of aryl methyl sites for hydroxylation is 2. The molecule has 0 unspecified atom stereocenters. The zero-order chi connectivity index (χ0) is 19.2. The van der Waals surface area contributed by atoms with Crippen LogP contribution < -0.4 is 10.1 Å². The van der Waals surface area contributed by atoms with Gasteiger partial charge in [0.2, 0.25) is 5.91 Å². The third kappa shape index (κ3) is 4.89. The van der Waals surface area contributed by atoms with Crippen LogP contribution in [0.3, 0.4) is 0 Å². The Morgan fingerprint density at radius 3 is 2.81 bits per heavy atom. The van der Waals surface area contributed by atoms with E-state index in [-0.39, 0.29) is 11.7 Å². The molecule has 1 aromatic heterocycles. The third-order valence-corrected chi connectivity index (χ3v) is 5.18. The SMILES string of the molecule is COc1cccc(CNC(=O)CSc2nncn2-c2ccc(C)c(C)c2)c1. The number of methoxy groups -OCH3 is 1. The summed E-state index contributed by atoms with van der Waals surface area (Å²) < 4.78 is 7.09. The van der Waals surface area contributed by atoms with E-state index in [1.807, 2.05) is 34.9 Å². The minimum atomic E-state index is -0.0579. The zero-order valence-electron chi connectivity index (χ0n) is 15.6. The highest BCUT2D eigenvalue weighted by Gasteiger charge is 2.11. The summed E-state index contributed by atoms with van der Waals surface area (Å²) in [6.07, 6.45) is 1.67. The lowest BCUT2D eigenvalue weighted by atomic mass is 10.1. The van der Waals surface area contributed by atoms with Gasteiger partial charge in [-0.3, -0.25) is 9.36 Å². The molecular formula is C20H22N4O2S. The number of benzene rings is 2. The minimum Gasteiger partial charge on any atom is -0.497 e. The van der Waals surface area contributed by atoms with E-state index in [1.54, 1.807) is 13.4 Å². The first-order chi connectivity index (χ1) is 13.1. The topological polar surface area (TPSA) is 69.0 Å². The van der Waals surface area contributed by atoms with Crippen molar-refractivity contribution in [3.05, 3.63) is 65.5 Å². The summed E-state index contributed by atoms with van der Waals surface area (Å²) in [4.78, 5) is 12.2. The van der Waals surface area contributed by atoms with Gasteiger partial charge in [0, 0.05) is 12.2 Å². The van der Waals surface area contributed by atoms with Crippen LogP contribution in [0.25, 0.3) is 5.69 Å². The fourth-order valence-electron chi connectivity index (χ4n) is 2.54. The van der Waals surface area contributed by atoms with Crippen molar-refractivity contribution < 1.29 is 9.53 Å². The molecule has 1 amide bonds. The number of aromatic nitrogens is 3. The second-order valence-electron chi connectivity index (χ2n) is 6.17. The van der Waals surface area contributed by atoms with Crippen LogP contribution in [0.4, 0.5) is 0 Å². The van der Waals surface area contributed by atoms with Crippen molar-refractivity contribution in [1.82, 2.24) is 20.1 Å². The number of hydrogen-bond donors (Lipinski definition) is 1. The van der Waals surface area contributed by atoms with Gasteiger partial charge in [-0.05, 0) is 54.8 Å². The number of carbonyl (C=O) groups is 1. The van der Waals surface area contributed by atoms with Gasteiger partial charge in [-0.1, -0.05) is 30.0 Å². The Balaban J connectivity index is 1.58. The van der Waals surface area contributed by atoms with E-state index in [1.165, 1.54) is 22.9 Å². The molecule has 0 aliphatic rings. The van der Waals surface area contributed by atoms with E-state index in [0.717, 1.165) is 17.0 Å². The lowest BCUT2D eigenvalue weighted by Gasteiger charge is -2.09. The Bertz CT molecular complexity index is 939. The number of rotatable bonds is 7. The number of amides is 1. The number of nitrogens with zero attached hydrogens (tertiary/aromatic N) is 3. The largest absolute Gasteiger partial charge is 0.497 e. The van der Waals surface area contributed by atoms with Gasteiger partial charge in [0.05, 0.1) is 12.9 Å². The Hall–Kier alpha value is -2.80. The molecule has 0 atom stereocenters. The smallest absolute Gasteiger partial charge is 0.230 e. The van der Waals surface area contributed by atoms with E-state index in [9.17, 15) is 4.79 Å². The molecule has 27 heavy (non-hydrogen) atoms. The van der Waals surface area contributed by atoms with Crippen molar-refractivity contribution in [2.45, 2.75) is 25.5 Å². The zero-order valence-corrected chi connectivity index (χ0v) is 16.4. The van der Waals surface area contributed by atoms with Crippen molar-refractivity contribution in [2.24, 2.45) is 0 Å². The summed E-state index contributed by atoms with van der Waals surface area (Å²) >= 11 is 1.36. The molecule has 0 spiro atoms. The predicted octanol–water partition coefficient (Wildman–Crippen LogP) is 3.30. The van der Waals surface area contributed by atoms with Crippen molar-refractivity contribution in [1.29, 1.82) is 0 Å². The second-order valence-corrected chi connectivity index (χ2v) is 7.11. The van der Waals surface area contributed by atoms with Gasteiger partial charge in [-0.25, -0.2) is 0 Å². The van der Waals surface area contributed by atoms with Gasteiger partial charge < -0.3 is 10.1 Å². The monoisotopic (exact) mass is 382 g/mol. The first kappa shape index (κ1) is 19.0. The van der Waals surface area contributed by atoms with E-state index in [4.69, 9.17) is 4.74 Å². The molecule has 6 nitrogen and oxygen atoms in total. The Morgan fingerprint density at radius 1 is 1.19 bits per heavy atom. The summed E-state index contributed by atoms with van der Waals surface area (Å²) in [6.45, 7) is 4.61. The molecule has 0 bridgehead atoms. The van der Waals surface area contributed by atoms with Gasteiger partial charge in [0.25, 0.3) is 0 Å². The summed E-state index contributed by atoms with van der Waals surface area (Å²) in [7, 11) is 1.63. The predicted molar refractivity (Wildman–Crippen MR) is 106 cm³/mol. The molecule has 0 saturated heterocycles. The maximum atomic E-state index is 12.2. The van der Waals surface area contributed by atoms with E-state index >= 15 is 0 Å². The quantitative estimate of drug-likeness (QED) is 0.635. The molecule has 1 N–H and O–H groups in total. The highest BCUT2D eigenvalue weighted by atomic mass is 32.2. The molecule has 3 rings (SSSR count). The van der Waals surface area contributed by atoms with Crippen LogP contribution in [0.2, 0.25) is 0 Å². The highest BCUT2D eigenvalue weighted by molar-refractivity contribution is 7.99. The third-order valence-electron chi connectivity index (χ3n) is 4.24. The average Bonchev–Trinajstić information content (AvgIpc) is 3.15. The van der Waals surface area contributed by atoms with Crippen LogP contribution in [-0.2, 0) is 11.3 Å². The first-order valence-electron chi connectivity index (χ1n) is 8.57. The fraction of sp³-hybridized carbons (Fsp3) is 0.250. The highest BCUT2D eigenvalue weighted by Crippen LogP contribution is 2.21. The van der Waals surface area contributed by atoms with Crippen LogP contribution in [0.5, 0.6) is 5.75 Å². The minimum absolute atomic E-state index is 0.0579. The molecular weight excluding hydrogens is 360 g/mol. The van der Waals surface area contributed by atoms with Crippen LogP contribution in [0.15, 0.2) is 53.9 Å². The molecule has 0 fully saturated rings. The average molecular weight is 382 g/mol. The van der Waals surface area contributed by atoms with Crippen LogP contribution >= 0.6 is 11.8 Å². The molecule has 0 radical (unpaired) electrons. The van der Waals surface area contributed by atoms with Gasteiger partial charge in [-0.15, -0.1) is 10.2 Å². The summed E-state index contributed by atoms with van der Waals surface area (Å²) in [5, 5.41) is 11.7. The van der Waals surface area contributed by atoms with Crippen molar-refractivity contribution in [3.8, 4) is 11.4 Å². The second kappa shape index (κ2) is 8.73. The molecule has 140 valence electrons.